The van der Waals surface area contributed by atoms with E-state index in [4.69, 9.17) is 5.73 Å². The number of likely N-dealkylation sites (tertiary alicyclic amines) is 1. The van der Waals surface area contributed by atoms with Crippen LogP contribution in [0.3, 0.4) is 0 Å². The minimum absolute atomic E-state index is 0.00199. The molecule has 0 radical (unpaired) electrons. The summed E-state index contributed by atoms with van der Waals surface area (Å²) in [5, 5.41) is 2.87. The van der Waals surface area contributed by atoms with Crippen LogP contribution in [0.5, 0.6) is 0 Å². The molecule has 3 N–H and O–H groups in total. The van der Waals surface area contributed by atoms with Crippen molar-refractivity contribution in [3.8, 4) is 0 Å². The number of amides is 2. The van der Waals surface area contributed by atoms with Gasteiger partial charge in [0.1, 0.15) is 6.04 Å². The lowest BCUT2D eigenvalue weighted by molar-refractivity contribution is -0.137. The molecule has 2 unspecified atom stereocenters. The number of carbonyl (C=O) groups excluding carboxylic acids is 2. The first-order chi connectivity index (χ1) is 10.1. The van der Waals surface area contributed by atoms with Gasteiger partial charge in [0.15, 0.2) is 0 Å². The van der Waals surface area contributed by atoms with Gasteiger partial charge in [-0.2, -0.15) is 0 Å². The zero-order valence-corrected chi connectivity index (χ0v) is 13.1. The predicted molar refractivity (Wildman–Crippen MR) is 82.6 cm³/mol. The van der Waals surface area contributed by atoms with Crippen molar-refractivity contribution in [2.75, 3.05) is 13.1 Å². The Bertz CT molecular complexity index is 367. The van der Waals surface area contributed by atoms with Gasteiger partial charge in [-0.1, -0.05) is 19.3 Å². The lowest BCUT2D eigenvalue weighted by Gasteiger charge is -2.33. The molecular weight excluding hydrogens is 266 g/mol. The third-order valence-corrected chi connectivity index (χ3v) is 4.72. The normalized spacial score (nSPS) is 25.4. The highest BCUT2D eigenvalue weighted by Crippen LogP contribution is 2.26. The maximum atomic E-state index is 12.3. The standard InChI is InChI=1S/C16H29N3O2/c1-12(16(21)19-9-5-8-14(17)11-19)18-15(20)10-13-6-3-2-4-7-13/h12-14H,2-11,17H2,1H3,(H,18,20). The van der Waals surface area contributed by atoms with Crippen molar-refractivity contribution in [3.63, 3.8) is 0 Å². The molecule has 0 aromatic rings. The number of carbonyl (C=O) groups is 2. The van der Waals surface area contributed by atoms with Crippen LogP contribution in [-0.2, 0) is 9.59 Å². The van der Waals surface area contributed by atoms with Gasteiger partial charge in [-0.3, -0.25) is 9.59 Å². The van der Waals surface area contributed by atoms with E-state index in [1.54, 1.807) is 11.8 Å². The van der Waals surface area contributed by atoms with Gasteiger partial charge in [-0.25, -0.2) is 0 Å². The highest BCUT2D eigenvalue weighted by molar-refractivity contribution is 5.87. The molecule has 1 saturated carbocycles. The third kappa shape index (κ3) is 4.99. The smallest absolute Gasteiger partial charge is 0.244 e. The van der Waals surface area contributed by atoms with E-state index in [-0.39, 0.29) is 17.9 Å². The van der Waals surface area contributed by atoms with Crippen LogP contribution >= 0.6 is 0 Å². The van der Waals surface area contributed by atoms with Gasteiger partial charge in [-0.05, 0) is 38.5 Å². The zero-order valence-electron chi connectivity index (χ0n) is 13.1. The number of piperidine rings is 1. The van der Waals surface area contributed by atoms with Gasteiger partial charge in [0, 0.05) is 25.6 Å². The number of rotatable bonds is 4. The summed E-state index contributed by atoms with van der Waals surface area (Å²) in [6, 6.07) is -0.362. The fraction of sp³-hybridized carbons (Fsp3) is 0.875. The molecule has 2 rings (SSSR count). The molecule has 0 bridgehead atoms. The van der Waals surface area contributed by atoms with Gasteiger partial charge in [0.05, 0.1) is 0 Å². The lowest BCUT2D eigenvalue weighted by atomic mass is 9.87. The van der Waals surface area contributed by atoms with Crippen LogP contribution in [0.2, 0.25) is 0 Å². The second-order valence-corrected chi connectivity index (χ2v) is 6.68. The predicted octanol–water partition coefficient (Wildman–Crippen LogP) is 1.41. The van der Waals surface area contributed by atoms with Crippen molar-refractivity contribution < 1.29 is 9.59 Å². The zero-order chi connectivity index (χ0) is 15.2. The molecule has 1 aliphatic carbocycles. The molecule has 0 spiro atoms. The van der Waals surface area contributed by atoms with Gasteiger partial charge < -0.3 is 16.0 Å². The highest BCUT2D eigenvalue weighted by Gasteiger charge is 2.26. The summed E-state index contributed by atoms with van der Waals surface area (Å²) in [7, 11) is 0. The Kier molecular flexibility index (Phi) is 6.03. The van der Waals surface area contributed by atoms with Gasteiger partial charge >= 0.3 is 0 Å². The molecular formula is C16H29N3O2. The SMILES string of the molecule is CC(NC(=O)CC1CCCCC1)C(=O)N1CCCC(N)C1. The van der Waals surface area contributed by atoms with E-state index in [1.807, 2.05) is 0 Å². The molecule has 1 heterocycles. The van der Waals surface area contributed by atoms with E-state index in [0.29, 0.717) is 18.9 Å². The highest BCUT2D eigenvalue weighted by atomic mass is 16.2. The first-order valence-electron chi connectivity index (χ1n) is 8.40. The molecule has 2 fully saturated rings. The van der Waals surface area contributed by atoms with Gasteiger partial charge in [-0.15, -0.1) is 0 Å². The van der Waals surface area contributed by atoms with Crippen molar-refractivity contribution in [1.29, 1.82) is 0 Å². The van der Waals surface area contributed by atoms with Crippen LogP contribution in [0, 0.1) is 5.92 Å². The van der Waals surface area contributed by atoms with Crippen molar-refractivity contribution in [2.45, 2.75) is 70.4 Å². The molecule has 1 saturated heterocycles. The fourth-order valence-electron chi connectivity index (χ4n) is 3.50. The molecule has 120 valence electrons. The third-order valence-electron chi connectivity index (χ3n) is 4.72. The molecule has 21 heavy (non-hydrogen) atoms. The van der Waals surface area contributed by atoms with Crippen molar-refractivity contribution in [3.05, 3.63) is 0 Å². The van der Waals surface area contributed by atoms with E-state index in [9.17, 15) is 9.59 Å². The maximum Gasteiger partial charge on any atom is 0.244 e. The number of hydrogen-bond donors (Lipinski definition) is 2. The van der Waals surface area contributed by atoms with E-state index >= 15 is 0 Å². The van der Waals surface area contributed by atoms with Crippen LogP contribution in [0.25, 0.3) is 0 Å². The quantitative estimate of drug-likeness (QED) is 0.823. The van der Waals surface area contributed by atoms with E-state index in [2.05, 4.69) is 5.32 Å². The Morgan fingerprint density at radius 3 is 2.57 bits per heavy atom. The topological polar surface area (TPSA) is 75.4 Å². The van der Waals surface area contributed by atoms with Crippen LogP contribution < -0.4 is 11.1 Å². The van der Waals surface area contributed by atoms with Gasteiger partial charge in [0.25, 0.3) is 0 Å². The summed E-state index contributed by atoms with van der Waals surface area (Å²) in [6.45, 7) is 3.15. The maximum absolute atomic E-state index is 12.3. The van der Waals surface area contributed by atoms with E-state index < -0.39 is 6.04 Å². The lowest BCUT2D eigenvalue weighted by Crippen LogP contribution is -2.52. The van der Waals surface area contributed by atoms with Crippen LogP contribution in [0.4, 0.5) is 0 Å². The Hall–Kier alpha value is -1.10. The summed E-state index contributed by atoms with van der Waals surface area (Å²) in [6.07, 6.45) is 8.56. The molecule has 0 aromatic heterocycles. The first-order valence-corrected chi connectivity index (χ1v) is 8.40. The number of nitrogens with zero attached hydrogens (tertiary/aromatic N) is 1. The monoisotopic (exact) mass is 295 g/mol. The molecule has 2 amide bonds. The average molecular weight is 295 g/mol. The van der Waals surface area contributed by atoms with Crippen LogP contribution in [0.15, 0.2) is 0 Å². The summed E-state index contributed by atoms with van der Waals surface area (Å²) in [4.78, 5) is 26.2. The second kappa shape index (κ2) is 7.78. The van der Waals surface area contributed by atoms with Crippen LogP contribution in [-0.4, -0.2) is 41.9 Å². The van der Waals surface area contributed by atoms with Crippen molar-refractivity contribution in [2.24, 2.45) is 11.7 Å². The molecule has 2 aliphatic rings. The van der Waals surface area contributed by atoms with Crippen LogP contribution in [0.1, 0.15) is 58.3 Å². The Labute approximate surface area is 127 Å². The minimum Gasteiger partial charge on any atom is -0.345 e. The fourth-order valence-corrected chi connectivity index (χ4v) is 3.50. The number of nitrogens with two attached hydrogens (primary N) is 1. The van der Waals surface area contributed by atoms with Crippen molar-refractivity contribution >= 4 is 11.8 Å². The van der Waals surface area contributed by atoms with E-state index in [1.165, 1.54) is 19.3 Å². The minimum atomic E-state index is -0.439. The summed E-state index contributed by atoms with van der Waals surface area (Å²) in [5.74, 6) is 0.524. The summed E-state index contributed by atoms with van der Waals surface area (Å²) in [5.41, 5.74) is 5.91. The van der Waals surface area contributed by atoms with E-state index in [0.717, 1.165) is 32.2 Å². The first kappa shape index (κ1) is 16.3. The molecule has 0 aromatic carbocycles. The molecule has 2 atom stereocenters. The number of hydrogen-bond acceptors (Lipinski definition) is 3. The summed E-state index contributed by atoms with van der Waals surface area (Å²) < 4.78 is 0. The van der Waals surface area contributed by atoms with Gasteiger partial charge in [0.2, 0.25) is 11.8 Å². The van der Waals surface area contributed by atoms with Crippen molar-refractivity contribution in [1.82, 2.24) is 10.2 Å². The summed E-state index contributed by atoms with van der Waals surface area (Å²) >= 11 is 0. The Morgan fingerprint density at radius 2 is 1.90 bits per heavy atom. The number of nitrogens with one attached hydrogen (secondary N) is 1. The largest absolute Gasteiger partial charge is 0.345 e. The molecule has 5 heteroatoms. The Balaban J connectivity index is 1.75. The second-order valence-electron chi connectivity index (χ2n) is 6.68. The molecule has 1 aliphatic heterocycles. The molecule has 5 nitrogen and oxygen atoms in total. The Morgan fingerprint density at radius 1 is 1.19 bits per heavy atom. The average Bonchev–Trinajstić information content (AvgIpc) is 2.47.